The summed E-state index contributed by atoms with van der Waals surface area (Å²) in [6, 6.07) is 20.5. The molecule has 0 aliphatic carbocycles. The van der Waals surface area contributed by atoms with E-state index in [0.29, 0.717) is 22.9 Å². The Kier molecular flexibility index (Phi) is 5.31. The molecule has 0 radical (unpaired) electrons. The van der Waals surface area contributed by atoms with Gasteiger partial charge in [0.25, 0.3) is 0 Å². The summed E-state index contributed by atoms with van der Waals surface area (Å²) < 4.78 is 11.6. The van der Waals surface area contributed by atoms with Crippen LogP contribution < -0.4 is 20.1 Å². The number of para-hydroxylation sites is 1. The highest BCUT2D eigenvalue weighted by Gasteiger charge is 2.11. The fourth-order valence-corrected chi connectivity index (χ4v) is 3.87. The first-order chi connectivity index (χ1) is 14.2. The predicted molar refractivity (Wildman–Crippen MR) is 117 cm³/mol. The molecule has 0 unspecified atom stereocenters. The van der Waals surface area contributed by atoms with E-state index in [1.165, 1.54) is 0 Å². The van der Waals surface area contributed by atoms with Crippen molar-refractivity contribution in [3.8, 4) is 22.1 Å². The molecule has 1 aromatic heterocycles. The van der Waals surface area contributed by atoms with Gasteiger partial charge in [-0.15, -0.1) is 11.3 Å². The lowest BCUT2D eigenvalue weighted by atomic mass is 10.2. The molecule has 0 spiro atoms. The zero-order valence-corrected chi connectivity index (χ0v) is 16.7. The van der Waals surface area contributed by atoms with Crippen LogP contribution in [0, 0.1) is 0 Å². The molecule has 2 amide bonds. The standard InChI is InChI=1S/C22H19N3O3S/c1-27-16-10-11-17(19(13-16)28-2)25-22(26)23-15-7-5-6-14(12-15)21-24-18-8-3-4-9-20(18)29-21/h3-13H,1-2H3,(H2,23,25,26). The number of methoxy groups -OCH3 is 2. The summed E-state index contributed by atoms with van der Waals surface area (Å²) in [5, 5.41) is 6.56. The maximum Gasteiger partial charge on any atom is 0.323 e. The Morgan fingerprint density at radius 3 is 2.59 bits per heavy atom. The summed E-state index contributed by atoms with van der Waals surface area (Å²) in [7, 11) is 3.12. The number of benzene rings is 3. The lowest BCUT2D eigenvalue weighted by Crippen LogP contribution is -2.19. The SMILES string of the molecule is COc1ccc(NC(=O)Nc2cccc(-c3nc4ccccc4s3)c2)c(OC)c1. The number of carbonyl (C=O) groups is 1. The van der Waals surface area contributed by atoms with Gasteiger partial charge in [0.2, 0.25) is 0 Å². The second kappa shape index (κ2) is 8.20. The molecule has 146 valence electrons. The highest BCUT2D eigenvalue weighted by Crippen LogP contribution is 2.32. The molecule has 0 aliphatic rings. The van der Waals surface area contributed by atoms with Crippen LogP contribution in [0.4, 0.5) is 16.2 Å². The summed E-state index contributed by atoms with van der Waals surface area (Å²) in [5.74, 6) is 1.17. The van der Waals surface area contributed by atoms with Crippen molar-refractivity contribution >= 4 is 39.0 Å². The van der Waals surface area contributed by atoms with Gasteiger partial charge in [-0.3, -0.25) is 0 Å². The average molecular weight is 405 g/mol. The fraction of sp³-hybridized carbons (Fsp3) is 0.0909. The zero-order valence-electron chi connectivity index (χ0n) is 15.9. The van der Waals surface area contributed by atoms with E-state index in [4.69, 9.17) is 9.47 Å². The van der Waals surface area contributed by atoms with Crippen molar-refractivity contribution in [3.63, 3.8) is 0 Å². The van der Waals surface area contributed by atoms with Crippen LogP contribution in [0.5, 0.6) is 11.5 Å². The van der Waals surface area contributed by atoms with E-state index in [1.54, 1.807) is 43.8 Å². The summed E-state index contributed by atoms with van der Waals surface area (Å²) in [5.41, 5.74) is 3.14. The summed E-state index contributed by atoms with van der Waals surface area (Å²) in [4.78, 5) is 17.1. The lowest BCUT2D eigenvalue weighted by Gasteiger charge is -2.12. The van der Waals surface area contributed by atoms with Gasteiger partial charge in [0, 0.05) is 17.3 Å². The van der Waals surface area contributed by atoms with Gasteiger partial charge in [-0.05, 0) is 36.4 Å². The third kappa shape index (κ3) is 4.14. The molecule has 4 rings (SSSR count). The number of hydrogen-bond donors (Lipinski definition) is 2. The molecule has 0 saturated heterocycles. The Hall–Kier alpha value is -3.58. The molecule has 0 fully saturated rings. The molecular formula is C22H19N3O3S. The lowest BCUT2D eigenvalue weighted by molar-refractivity contribution is 0.262. The second-order valence-corrected chi connectivity index (χ2v) is 7.24. The van der Waals surface area contributed by atoms with Crippen molar-refractivity contribution in [2.45, 2.75) is 0 Å². The van der Waals surface area contributed by atoms with Crippen LogP contribution >= 0.6 is 11.3 Å². The molecule has 0 bridgehead atoms. The minimum atomic E-state index is -0.366. The third-order valence-electron chi connectivity index (χ3n) is 4.32. The van der Waals surface area contributed by atoms with Crippen LogP contribution in [-0.2, 0) is 0 Å². The van der Waals surface area contributed by atoms with Gasteiger partial charge in [-0.2, -0.15) is 0 Å². The van der Waals surface area contributed by atoms with E-state index in [-0.39, 0.29) is 6.03 Å². The van der Waals surface area contributed by atoms with Crippen LogP contribution in [0.15, 0.2) is 66.7 Å². The van der Waals surface area contributed by atoms with Gasteiger partial charge < -0.3 is 20.1 Å². The second-order valence-electron chi connectivity index (χ2n) is 6.21. The first-order valence-electron chi connectivity index (χ1n) is 8.92. The number of anilines is 2. The first kappa shape index (κ1) is 18.8. The van der Waals surface area contributed by atoms with Crippen molar-refractivity contribution in [2.75, 3.05) is 24.9 Å². The van der Waals surface area contributed by atoms with Crippen LogP contribution in [0.1, 0.15) is 0 Å². The number of amides is 2. The Morgan fingerprint density at radius 2 is 1.79 bits per heavy atom. The number of hydrogen-bond acceptors (Lipinski definition) is 5. The van der Waals surface area contributed by atoms with E-state index >= 15 is 0 Å². The van der Waals surface area contributed by atoms with Crippen LogP contribution in [0.3, 0.4) is 0 Å². The Labute approximate surface area is 172 Å². The molecule has 0 saturated carbocycles. The highest BCUT2D eigenvalue weighted by molar-refractivity contribution is 7.21. The number of thiazole rings is 1. The third-order valence-corrected chi connectivity index (χ3v) is 5.40. The van der Waals surface area contributed by atoms with Crippen LogP contribution in [0.2, 0.25) is 0 Å². The van der Waals surface area contributed by atoms with E-state index < -0.39 is 0 Å². The molecule has 0 atom stereocenters. The maximum absolute atomic E-state index is 12.5. The number of ether oxygens (including phenoxy) is 2. The Bertz CT molecular complexity index is 1140. The molecule has 7 heteroatoms. The van der Waals surface area contributed by atoms with E-state index in [0.717, 1.165) is 20.8 Å². The molecule has 0 aliphatic heterocycles. The molecule has 1 heterocycles. The number of aromatic nitrogens is 1. The number of rotatable bonds is 5. The largest absolute Gasteiger partial charge is 0.497 e. The molecule has 29 heavy (non-hydrogen) atoms. The number of carbonyl (C=O) groups excluding carboxylic acids is 1. The van der Waals surface area contributed by atoms with Crippen molar-refractivity contribution in [1.82, 2.24) is 4.98 Å². The van der Waals surface area contributed by atoms with Crippen molar-refractivity contribution < 1.29 is 14.3 Å². The zero-order chi connectivity index (χ0) is 20.2. The number of nitrogens with one attached hydrogen (secondary N) is 2. The number of fused-ring (bicyclic) bond motifs is 1. The van der Waals surface area contributed by atoms with Crippen molar-refractivity contribution in [3.05, 3.63) is 66.7 Å². The number of nitrogens with zero attached hydrogens (tertiary/aromatic N) is 1. The molecule has 3 aromatic carbocycles. The molecule has 2 N–H and O–H groups in total. The van der Waals surface area contributed by atoms with Gasteiger partial charge in [0.1, 0.15) is 16.5 Å². The van der Waals surface area contributed by atoms with Crippen molar-refractivity contribution in [2.24, 2.45) is 0 Å². The monoisotopic (exact) mass is 405 g/mol. The van der Waals surface area contributed by atoms with Crippen molar-refractivity contribution in [1.29, 1.82) is 0 Å². The van der Waals surface area contributed by atoms with E-state index in [2.05, 4.69) is 15.6 Å². The van der Waals surface area contributed by atoms with Gasteiger partial charge in [0.15, 0.2) is 0 Å². The molecule has 4 aromatic rings. The molecule has 6 nitrogen and oxygen atoms in total. The van der Waals surface area contributed by atoms with E-state index in [9.17, 15) is 4.79 Å². The summed E-state index contributed by atoms with van der Waals surface area (Å²) >= 11 is 1.62. The highest BCUT2D eigenvalue weighted by atomic mass is 32.1. The van der Waals surface area contributed by atoms with Crippen LogP contribution in [-0.4, -0.2) is 25.2 Å². The minimum absolute atomic E-state index is 0.366. The normalized spacial score (nSPS) is 10.6. The average Bonchev–Trinajstić information content (AvgIpc) is 3.18. The van der Waals surface area contributed by atoms with E-state index in [1.807, 2.05) is 48.5 Å². The maximum atomic E-state index is 12.5. The topological polar surface area (TPSA) is 72.5 Å². The molecular weight excluding hydrogens is 386 g/mol. The Morgan fingerprint density at radius 1 is 0.931 bits per heavy atom. The summed E-state index contributed by atoms with van der Waals surface area (Å²) in [6.45, 7) is 0. The van der Waals surface area contributed by atoms with Gasteiger partial charge in [-0.25, -0.2) is 9.78 Å². The first-order valence-corrected chi connectivity index (χ1v) is 9.74. The predicted octanol–water partition coefficient (Wildman–Crippen LogP) is 5.62. The van der Waals surface area contributed by atoms with Gasteiger partial charge in [-0.1, -0.05) is 24.3 Å². The van der Waals surface area contributed by atoms with Crippen LogP contribution in [0.25, 0.3) is 20.8 Å². The summed E-state index contributed by atoms with van der Waals surface area (Å²) in [6.07, 6.45) is 0. The quantitative estimate of drug-likeness (QED) is 0.452. The Balaban J connectivity index is 1.51. The van der Waals surface area contributed by atoms with Gasteiger partial charge >= 0.3 is 6.03 Å². The number of urea groups is 1. The minimum Gasteiger partial charge on any atom is -0.497 e. The van der Waals surface area contributed by atoms with Gasteiger partial charge in [0.05, 0.1) is 30.1 Å². The fourth-order valence-electron chi connectivity index (χ4n) is 2.91. The smallest absolute Gasteiger partial charge is 0.323 e.